The van der Waals surface area contributed by atoms with Gasteiger partial charge in [0.05, 0.1) is 17.5 Å². The number of para-hydroxylation sites is 1. The Balaban J connectivity index is 1.44. The smallest absolute Gasteiger partial charge is 0.258 e. The number of anilines is 1. The van der Waals surface area contributed by atoms with Crippen LogP contribution in [0.25, 0.3) is 0 Å². The second-order valence-corrected chi connectivity index (χ2v) is 18.7. The minimum Gasteiger partial charge on any atom is -0.543 e. The summed E-state index contributed by atoms with van der Waals surface area (Å²) in [7, 11) is -2.15. The summed E-state index contributed by atoms with van der Waals surface area (Å²) in [5.74, 6) is 0.645. The van der Waals surface area contributed by atoms with Crippen molar-refractivity contribution in [2.24, 2.45) is 11.8 Å². The number of hydrogen-bond acceptors (Lipinski definition) is 4. The highest BCUT2D eigenvalue weighted by atomic mass is 28.4. The third-order valence-corrected chi connectivity index (χ3v) is 16.3. The van der Waals surface area contributed by atoms with Crippen molar-refractivity contribution in [1.29, 1.82) is 0 Å². The van der Waals surface area contributed by atoms with Crippen LogP contribution in [0, 0.1) is 11.8 Å². The van der Waals surface area contributed by atoms with Gasteiger partial charge in [-0.2, -0.15) is 0 Å². The number of nitrogens with zero attached hydrogens (tertiary/aromatic N) is 1. The van der Waals surface area contributed by atoms with Gasteiger partial charge in [-0.25, -0.2) is 0 Å². The van der Waals surface area contributed by atoms with Crippen LogP contribution in [0.2, 0.25) is 16.6 Å². The van der Waals surface area contributed by atoms with E-state index in [-0.39, 0.29) is 23.7 Å². The van der Waals surface area contributed by atoms with Crippen molar-refractivity contribution >= 4 is 25.8 Å². The second kappa shape index (κ2) is 9.90. The van der Waals surface area contributed by atoms with Gasteiger partial charge in [0.25, 0.3) is 8.32 Å². The minimum absolute atomic E-state index is 0.0773. The summed E-state index contributed by atoms with van der Waals surface area (Å²) in [6.07, 6.45) is 6.96. The number of imide groups is 1. The number of allylic oxidation sites excluding steroid dienone is 1. The number of ether oxygens (including phenoxy) is 1. The summed E-state index contributed by atoms with van der Waals surface area (Å²) >= 11 is 0. The van der Waals surface area contributed by atoms with Gasteiger partial charge in [0, 0.05) is 17.5 Å². The van der Waals surface area contributed by atoms with Crippen LogP contribution in [0.3, 0.4) is 0 Å². The lowest BCUT2D eigenvalue weighted by molar-refractivity contribution is -0.122. The molecule has 6 rings (SSSR count). The first-order chi connectivity index (χ1) is 19.1. The first kappa shape index (κ1) is 27.3. The Hall–Kier alpha value is -2.86. The Morgan fingerprint density at radius 1 is 0.900 bits per heavy atom. The van der Waals surface area contributed by atoms with Crippen LogP contribution in [-0.4, -0.2) is 25.7 Å². The Kier molecular flexibility index (Phi) is 6.76. The highest BCUT2D eigenvalue weighted by Crippen LogP contribution is 2.59. The van der Waals surface area contributed by atoms with Crippen LogP contribution in [-0.2, 0) is 9.59 Å². The van der Waals surface area contributed by atoms with Crippen molar-refractivity contribution < 1.29 is 18.8 Å². The molecule has 2 aromatic carbocycles. The number of carbonyl (C=O) groups is 2. The Morgan fingerprint density at radius 2 is 1.55 bits per heavy atom. The fraction of sp³-hybridized carbons (Fsp3) is 0.529. The normalized spacial score (nSPS) is 25.3. The summed E-state index contributed by atoms with van der Waals surface area (Å²) in [6, 6.07) is 15.7. The average Bonchev–Trinajstić information content (AvgIpc) is 3.49. The highest BCUT2D eigenvalue weighted by Gasteiger charge is 2.59. The maximum absolute atomic E-state index is 14.1. The molecule has 1 saturated heterocycles. The van der Waals surface area contributed by atoms with E-state index in [4.69, 9.17) is 9.16 Å². The van der Waals surface area contributed by atoms with Crippen LogP contribution in [0.15, 0.2) is 60.2 Å². The lowest BCUT2D eigenvalue weighted by Crippen LogP contribution is -2.50. The largest absolute Gasteiger partial charge is 0.543 e. The number of amides is 2. The number of fused-ring (bicyclic) bond motifs is 6. The number of hydrogen-bond donors (Lipinski definition) is 0. The van der Waals surface area contributed by atoms with E-state index in [0.29, 0.717) is 28.7 Å². The third-order valence-electron chi connectivity index (χ3n) is 10.3. The van der Waals surface area contributed by atoms with Gasteiger partial charge in [-0.05, 0) is 72.5 Å². The molecule has 2 heterocycles. The molecule has 0 radical (unpaired) electrons. The molecule has 2 aliphatic heterocycles. The first-order valence-corrected chi connectivity index (χ1v) is 17.4. The third kappa shape index (κ3) is 3.93. The van der Waals surface area contributed by atoms with Crippen LogP contribution in [0.4, 0.5) is 5.69 Å². The summed E-state index contributed by atoms with van der Waals surface area (Å²) in [5, 5.41) is 0. The molecule has 0 unspecified atom stereocenters. The van der Waals surface area contributed by atoms with E-state index < -0.39 is 19.8 Å². The van der Waals surface area contributed by atoms with Crippen molar-refractivity contribution in [2.75, 3.05) is 4.90 Å². The minimum atomic E-state index is -2.15. The van der Waals surface area contributed by atoms with Crippen LogP contribution in [0.1, 0.15) is 85.1 Å². The van der Waals surface area contributed by atoms with E-state index in [1.807, 2.05) is 30.3 Å². The van der Waals surface area contributed by atoms with Gasteiger partial charge >= 0.3 is 0 Å². The number of rotatable bonds is 6. The zero-order chi connectivity index (χ0) is 28.4. The molecule has 0 bridgehead atoms. The number of benzene rings is 2. The van der Waals surface area contributed by atoms with Gasteiger partial charge in [-0.1, -0.05) is 71.9 Å². The van der Waals surface area contributed by atoms with Crippen molar-refractivity contribution in [3.8, 4) is 11.5 Å². The van der Waals surface area contributed by atoms with E-state index in [2.05, 4.69) is 65.8 Å². The van der Waals surface area contributed by atoms with Gasteiger partial charge in [-0.3, -0.25) is 14.5 Å². The molecule has 4 aliphatic rings. The zero-order valence-electron chi connectivity index (χ0n) is 24.8. The quantitative estimate of drug-likeness (QED) is 0.204. The molecule has 0 aromatic heterocycles. The van der Waals surface area contributed by atoms with Gasteiger partial charge in [0.2, 0.25) is 11.8 Å². The molecule has 5 nitrogen and oxygen atoms in total. The van der Waals surface area contributed by atoms with Gasteiger partial charge in [-0.15, -0.1) is 0 Å². The predicted molar refractivity (Wildman–Crippen MR) is 161 cm³/mol. The summed E-state index contributed by atoms with van der Waals surface area (Å²) in [4.78, 5) is 29.2. The van der Waals surface area contributed by atoms with Crippen molar-refractivity contribution in [3.63, 3.8) is 0 Å². The van der Waals surface area contributed by atoms with Crippen molar-refractivity contribution in [1.82, 2.24) is 0 Å². The van der Waals surface area contributed by atoms with Crippen molar-refractivity contribution in [3.05, 3.63) is 65.7 Å². The molecular formula is C34H43NO4Si. The Bertz CT molecular complexity index is 1320. The average molecular weight is 558 g/mol. The monoisotopic (exact) mass is 557 g/mol. The fourth-order valence-corrected chi connectivity index (χ4v) is 13.9. The predicted octanol–water partition coefficient (Wildman–Crippen LogP) is 8.17. The zero-order valence-corrected chi connectivity index (χ0v) is 25.8. The molecule has 2 aromatic rings. The molecule has 2 fully saturated rings. The molecule has 3 atom stereocenters. The maximum atomic E-state index is 14.1. The Labute approximate surface area is 240 Å². The molecule has 0 N–H and O–H groups in total. The first-order valence-electron chi connectivity index (χ1n) is 15.3. The van der Waals surface area contributed by atoms with E-state index >= 15 is 0 Å². The SMILES string of the molecule is CC(C)[Si](Oc1ccc2c(c1)OC1(CCCC1)C1=CC[C@H]3C(=O)N(c4ccccc4)C(=O)[C@H]3[C@H]12)(C(C)C)C(C)C. The summed E-state index contributed by atoms with van der Waals surface area (Å²) in [6.45, 7) is 13.8. The van der Waals surface area contributed by atoms with Crippen LogP contribution >= 0.6 is 0 Å². The van der Waals surface area contributed by atoms with E-state index in [1.54, 1.807) is 0 Å². The van der Waals surface area contributed by atoms with Crippen LogP contribution in [0.5, 0.6) is 11.5 Å². The van der Waals surface area contributed by atoms with Crippen molar-refractivity contribution in [2.45, 2.75) is 102 Å². The number of carbonyl (C=O) groups excluding carboxylic acids is 2. The Morgan fingerprint density at radius 3 is 2.17 bits per heavy atom. The van der Waals surface area contributed by atoms with E-state index in [9.17, 15) is 9.59 Å². The molecule has 212 valence electrons. The molecule has 6 heteroatoms. The molecular weight excluding hydrogens is 514 g/mol. The van der Waals surface area contributed by atoms with Gasteiger partial charge < -0.3 is 9.16 Å². The summed E-state index contributed by atoms with van der Waals surface area (Å²) in [5.41, 5.74) is 3.90. The molecule has 2 aliphatic carbocycles. The lowest BCUT2D eigenvalue weighted by Gasteiger charge is -2.47. The van der Waals surface area contributed by atoms with Crippen LogP contribution < -0.4 is 14.1 Å². The molecule has 40 heavy (non-hydrogen) atoms. The molecule has 1 spiro atoms. The highest BCUT2D eigenvalue weighted by molar-refractivity contribution is 6.78. The standard InChI is InChI=1S/C34H43NO4Si/c1-21(2)40(22(3)4,23(5)6)39-25-14-15-26-29(20-25)38-34(18-10-11-19-34)28-17-16-27-31(30(26)28)33(37)35(32(27)36)24-12-8-7-9-13-24/h7-9,12-15,17,20-23,27,30-31H,10-11,16,18-19H2,1-6H3/t27-,30+,31-/m1/s1. The fourth-order valence-electron chi connectivity index (χ4n) is 8.70. The second-order valence-electron chi connectivity index (χ2n) is 13.3. The van der Waals surface area contributed by atoms with E-state index in [1.165, 1.54) is 10.5 Å². The topological polar surface area (TPSA) is 55.8 Å². The molecule has 1 saturated carbocycles. The van der Waals surface area contributed by atoms with Gasteiger partial charge in [0.1, 0.15) is 17.1 Å². The van der Waals surface area contributed by atoms with E-state index in [0.717, 1.165) is 42.7 Å². The lowest BCUT2D eigenvalue weighted by atomic mass is 9.64. The summed E-state index contributed by atoms with van der Waals surface area (Å²) < 4.78 is 14.0. The maximum Gasteiger partial charge on any atom is 0.258 e. The molecule has 2 amide bonds. The van der Waals surface area contributed by atoms with Gasteiger partial charge in [0.15, 0.2) is 0 Å².